The van der Waals surface area contributed by atoms with Crippen molar-refractivity contribution in [1.82, 2.24) is 0 Å². The zero-order valence-corrected chi connectivity index (χ0v) is 11.6. The smallest absolute Gasteiger partial charge is 0.115 e. The summed E-state index contributed by atoms with van der Waals surface area (Å²) in [6, 6.07) is 16.2. The van der Waals surface area contributed by atoms with Gasteiger partial charge in [0.2, 0.25) is 0 Å². The first kappa shape index (κ1) is 13.2. The fourth-order valence-corrected chi connectivity index (χ4v) is 3.24. The maximum Gasteiger partial charge on any atom is 0.115 e. The van der Waals surface area contributed by atoms with Crippen molar-refractivity contribution in [2.24, 2.45) is 11.7 Å². The van der Waals surface area contributed by atoms with E-state index < -0.39 is 0 Å². The van der Waals surface area contributed by atoms with Crippen LogP contribution in [0.2, 0.25) is 0 Å². The van der Waals surface area contributed by atoms with Crippen LogP contribution < -0.4 is 5.73 Å². The lowest BCUT2D eigenvalue weighted by Gasteiger charge is -2.23. The summed E-state index contributed by atoms with van der Waals surface area (Å²) in [5.74, 6) is 0.799. The molecule has 0 bridgehead atoms. The van der Waals surface area contributed by atoms with Crippen LogP contribution in [0.3, 0.4) is 0 Å². The molecule has 0 aromatic heterocycles. The second kappa shape index (κ2) is 5.68. The van der Waals surface area contributed by atoms with Gasteiger partial charge in [-0.1, -0.05) is 36.4 Å². The predicted molar refractivity (Wildman–Crippen MR) is 81.6 cm³/mol. The van der Waals surface area contributed by atoms with Crippen molar-refractivity contribution in [3.8, 4) is 5.75 Å². The Hall–Kier alpha value is -1.80. The Bertz CT molecular complexity index is 576. The molecule has 2 aromatic rings. The molecule has 1 aliphatic carbocycles. The van der Waals surface area contributed by atoms with E-state index in [1.807, 2.05) is 12.1 Å². The Morgan fingerprint density at radius 2 is 1.80 bits per heavy atom. The van der Waals surface area contributed by atoms with Crippen molar-refractivity contribution < 1.29 is 5.11 Å². The van der Waals surface area contributed by atoms with E-state index in [0.717, 1.165) is 19.3 Å². The van der Waals surface area contributed by atoms with Gasteiger partial charge in [0.1, 0.15) is 5.75 Å². The third kappa shape index (κ3) is 2.70. The quantitative estimate of drug-likeness (QED) is 0.817. The average Bonchev–Trinajstić information content (AvgIpc) is 2.62. The molecule has 0 heterocycles. The number of aromatic hydroxyl groups is 1. The summed E-state index contributed by atoms with van der Waals surface area (Å²) in [4.78, 5) is 0. The maximum atomic E-state index is 9.36. The van der Waals surface area contributed by atoms with E-state index in [1.54, 1.807) is 12.1 Å². The van der Waals surface area contributed by atoms with Crippen LogP contribution in [0.25, 0.3) is 0 Å². The molecule has 1 aliphatic rings. The first-order valence-electron chi connectivity index (χ1n) is 7.35. The molecule has 0 fully saturated rings. The normalized spacial score (nSPS) is 22.1. The molecular formula is C18H21NO. The number of phenols is 1. The van der Waals surface area contributed by atoms with E-state index in [1.165, 1.54) is 23.1 Å². The summed E-state index contributed by atoms with van der Waals surface area (Å²) >= 11 is 0. The summed E-state index contributed by atoms with van der Waals surface area (Å²) in [5, 5.41) is 9.36. The van der Waals surface area contributed by atoms with Gasteiger partial charge in [0, 0.05) is 6.04 Å². The third-order valence-corrected chi connectivity index (χ3v) is 4.38. The van der Waals surface area contributed by atoms with E-state index in [9.17, 15) is 5.11 Å². The summed E-state index contributed by atoms with van der Waals surface area (Å²) in [6.07, 6.45) is 4.48. The molecule has 0 spiro atoms. The second-order valence-corrected chi connectivity index (χ2v) is 5.75. The van der Waals surface area contributed by atoms with Gasteiger partial charge in [0.05, 0.1) is 0 Å². The number of fused-ring (bicyclic) bond motifs is 1. The van der Waals surface area contributed by atoms with Crippen LogP contribution in [0, 0.1) is 5.92 Å². The van der Waals surface area contributed by atoms with Crippen molar-refractivity contribution in [2.75, 3.05) is 0 Å². The Morgan fingerprint density at radius 1 is 1.05 bits per heavy atom. The number of hydrogen-bond donors (Lipinski definition) is 2. The number of benzene rings is 2. The fourth-order valence-electron chi connectivity index (χ4n) is 3.24. The number of nitrogens with two attached hydrogens (primary N) is 1. The summed E-state index contributed by atoms with van der Waals surface area (Å²) < 4.78 is 0. The first-order chi connectivity index (χ1) is 9.74. The van der Waals surface area contributed by atoms with E-state index in [0.29, 0.717) is 11.7 Å². The van der Waals surface area contributed by atoms with Crippen LogP contribution in [-0.2, 0) is 12.8 Å². The molecule has 3 N–H and O–H groups in total. The van der Waals surface area contributed by atoms with Crippen molar-refractivity contribution in [3.05, 3.63) is 65.2 Å². The largest absolute Gasteiger partial charge is 0.508 e. The molecule has 0 saturated carbocycles. The van der Waals surface area contributed by atoms with Gasteiger partial charge < -0.3 is 10.8 Å². The lowest BCUT2D eigenvalue weighted by molar-refractivity contribution is 0.401. The van der Waals surface area contributed by atoms with Crippen LogP contribution in [0.5, 0.6) is 5.75 Å². The summed E-state index contributed by atoms with van der Waals surface area (Å²) in [6.45, 7) is 0. The monoisotopic (exact) mass is 267 g/mol. The highest BCUT2D eigenvalue weighted by Crippen LogP contribution is 2.33. The van der Waals surface area contributed by atoms with Gasteiger partial charge in [-0.2, -0.15) is 0 Å². The molecule has 2 nitrogen and oxygen atoms in total. The molecule has 0 amide bonds. The van der Waals surface area contributed by atoms with E-state index in [2.05, 4.69) is 24.3 Å². The minimum atomic E-state index is 0.113. The van der Waals surface area contributed by atoms with E-state index in [4.69, 9.17) is 5.73 Å². The van der Waals surface area contributed by atoms with Gasteiger partial charge in [0.15, 0.2) is 0 Å². The van der Waals surface area contributed by atoms with Crippen LogP contribution in [0.4, 0.5) is 0 Å². The molecule has 3 rings (SSSR count). The van der Waals surface area contributed by atoms with Gasteiger partial charge in [-0.3, -0.25) is 0 Å². The number of rotatable bonds is 2. The zero-order valence-electron chi connectivity index (χ0n) is 11.6. The molecule has 0 radical (unpaired) electrons. The zero-order chi connectivity index (χ0) is 13.9. The maximum absolute atomic E-state index is 9.36. The van der Waals surface area contributed by atoms with Gasteiger partial charge in [-0.05, 0) is 60.4 Å². The van der Waals surface area contributed by atoms with Crippen molar-refractivity contribution in [1.29, 1.82) is 0 Å². The van der Waals surface area contributed by atoms with E-state index in [-0.39, 0.29) is 6.04 Å². The van der Waals surface area contributed by atoms with Crippen LogP contribution in [0.15, 0.2) is 48.5 Å². The summed E-state index contributed by atoms with van der Waals surface area (Å²) in [7, 11) is 0. The molecule has 2 aromatic carbocycles. The Labute approximate surface area is 120 Å². The molecule has 0 aliphatic heterocycles. The predicted octanol–water partition coefficient (Wildman–Crippen LogP) is 3.59. The molecule has 20 heavy (non-hydrogen) atoms. The van der Waals surface area contributed by atoms with Gasteiger partial charge in [0.25, 0.3) is 0 Å². The number of hydrogen-bond acceptors (Lipinski definition) is 2. The highest BCUT2D eigenvalue weighted by atomic mass is 16.3. The fraction of sp³-hybridized carbons (Fsp3) is 0.333. The minimum absolute atomic E-state index is 0.113. The Kier molecular flexibility index (Phi) is 3.75. The number of aryl methyl sites for hydroxylation is 1. The van der Waals surface area contributed by atoms with Gasteiger partial charge >= 0.3 is 0 Å². The van der Waals surface area contributed by atoms with Crippen LogP contribution >= 0.6 is 0 Å². The Balaban J connectivity index is 1.82. The first-order valence-corrected chi connectivity index (χ1v) is 7.35. The minimum Gasteiger partial charge on any atom is -0.508 e. The highest BCUT2D eigenvalue weighted by molar-refractivity contribution is 5.32. The summed E-state index contributed by atoms with van der Waals surface area (Å²) in [5.41, 5.74) is 10.5. The van der Waals surface area contributed by atoms with Crippen molar-refractivity contribution >= 4 is 0 Å². The van der Waals surface area contributed by atoms with E-state index >= 15 is 0 Å². The third-order valence-electron chi connectivity index (χ3n) is 4.38. The second-order valence-electron chi connectivity index (χ2n) is 5.75. The van der Waals surface area contributed by atoms with Crippen LogP contribution in [-0.4, -0.2) is 5.11 Å². The van der Waals surface area contributed by atoms with Gasteiger partial charge in [-0.15, -0.1) is 0 Å². The van der Waals surface area contributed by atoms with Gasteiger partial charge in [-0.25, -0.2) is 0 Å². The number of phenolic OH excluding ortho intramolecular Hbond substituents is 1. The average molecular weight is 267 g/mol. The van der Waals surface area contributed by atoms with Crippen molar-refractivity contribution in [2.45, 2.75) is 31.7 Å². The molecular weight excluding hydrogens is 246 g/mol. The molecule has 2 atom stereocenters. The lowest BCUT2D eigenvalue weighted by atomic mass is 9.86. The SMILES string of the molecule is NC1c2ccccc2CCCC1Cc1ccc(O)cc1. The topological polar surface area (TPSA) is 46.2 Å². The lowest BCUT2D eigenvalue weighted by Crippen LogP contribution is -2.22. The standard InChI is InChI=1S/C18H21NO/c19-18-15(12-13-8-10-16(20)11-9-13)6-3-5-14-4-1-2-7-17(14)18/h1-2,4,7-11,15,18,20H,3,5-6,12,19H2. The van der Waals surface area contributed by atoms with Crippen LogP contribution in [0.1, 0.15) is 35.6 Å². The van der Waals surface area contributed by atoms with Crippen molar-refractivity contribution in [3.63, 3.8) is 0 Å². The highest BCUT2D eigenvalue weighted by Gasteiger charge is 2.24. The molecule has 2 heteroatoms. The molecule has 0 saturated heterocycles. The molecule has 104 valence electrons. The Morgan fingerprint density at radius 3 is 2.60 bits per heavy atom. The molecule has 2 unspecified atom stereocenters.